The lowest BCUT2D eigenvalue weighted by atomic mass is 10.2. The summed E-state index contributed by atoms with van der Waals surface area (Å²) < 4.78 is 0. The van der Waals surface area contributed by atoms with Crippen LogP contribution in [0.5, 0.6) is 0 Å². The molecule has 4 aromatic rings. The smallest absolute Gasteiger partial charge is 0.286 e. The summed E-state index contributed by atoms with van der Waals surface area (Å²) in [5.41, 5.74) is 3.62. The number of rotatable bonds is 4. The van der Waals surface area contributed by atoms with Gasteiger partial charge in [0.05, 0.1) is 17.6 Å². The number of fused-ring (bicyclic) bond motifs is 1. The number of aromatic nitrogens is 4. The molecule has 1 aliphatic heterocycles. The number of piperazine rings is 1. The first-order valence-electron chi connectivity index (χ1n) is 9.40. The molecule has 29 heavy (non-hydrogen) atoms. The van der Waals surface area contributed by atoms with E-state index >= 15 is 0 Å². The topological polar surface area (TPSA) is 98.8 Å². The van der Waals surface area contributed by atoms with Crippen molar-refractivity contribution in [2.45, 2.75) is 0 Å². The molecule has 8 nitrogen and oxygen atoms in total. The quantitative estimate of drug-likeness (QED) is 0.483. The van der Waals surface area contributed by atoms with Gasteiger partial charge in [-0.25, -0.2) is 0 Å². The molecule has 3 aromatic heterocycles. The van der Waals surface area contributed by atoms with E-state index in [9.17, 15) is 4.79 Å². The van der Waals surface area contributed by atoms with Crippen molar-refractivity contribution in [3.63, 3.8) is 0 Å². The fourth-order valence-corrected chi connectivity index (χ4v) is 4.28. The van der Waals surface area contributed by atoms with Gasteiger partial charge in [0.1, 0.15) is 5.01 Å². The Morgan fingerprint density at radius 2 is 2.00 bits per heavy atom. The van der Waals surface area contributed by atoms with Crippen LogP contribution in [0.1, 0.15) is 9.80 Å². The first-order chi connectivity index (χ1) is 14.3. The molecular formula is C20H19N7OS. The molecule has 1 aromatic carbocycles. The van der Waals surface area contributed by atoms with Crippen LogP contribution in [-0.4, -0.2) is 52.3 Å². The minimum Gasteiger partial charge on any atom is -0.367 e. The van der Waals surface area contributed by atoms with Gasteiger partial charge in [-0.3, -0.25) is 9.78 Å². The van der Waals surface area contributed by atoms with Gasteiger partial charge in [0.15, 0.2) is 0 Å². The lowest BCUT2D eigenvalue weighted by Gasteiger charge is -2.30. The maximum Gasteiger partial charge on any atom is 0.286 e. The van der Waals surface area contributed by atoms with E-state index < -0.39 is 0 Å². The van der Waals surface area contributed by atoms with Crippen LogP contribution in [0.2, 0.25) is 0 Å². The molecule has 0 bridgehead atoms. The SMILES string of the molecule is O=C(Nc1cnccc1N1CCNCC1)c1nnc(-c2c[nH]c3ccccc23)s1. The molecule has 9 heteroatoms. The van der Waals surface area contributed by atoms with Crippen molar-refractivity contribution in [2.24, 2.45) is 0 Å². The highest BCUT2D eigenvalue weighted by Crippen LogP contribution is 2.31. The number of nitrogens with zero attached hydrogens (tertiary/aromatic N) is 4. The number of pyridine rings is 1. The third-order valence-electron chi connectivity index (χ3n) is 4.94. The van der Waals surface area contributed by atoms with Crippen LogP contribution >= 0.6 is 11.3 Å². The number of carbonyl (C=O) groups is 1. The van der Waals surface area contributed by atoms with E-state index in [1.165, 1.54) is 11.3 Å². The standard InChI is InChI=1S/C20H19N7OS/c28-18(24-16-12-22-6-5-17(16)27-9-7-21-8-10-27)20-26-25-19(29-20)14-11-23-15-4-2-1-3-13(14)15/h1-6,11-12,21,23H,7-10H2,(H,24,28). The van der Waals surface area contributed by atoms with Gasteiger partial charge in [0.2, 0.25) is 5.01 Å². The van der Waals surface area contributed by atoms with Crippen LogP contribution in [0.25, 0.3) is 21.5 Å². The fraction of sp³-hybridized carbons (Fsp3) is 0.200. The van der Waals surface area contributed by atoms with Gasteiger partial charge in [0.25, 0.3) is 5.91 Å². The van der Waals surface area contributed by atoms with Gasteiger partial charge in [-0.15, -0.1) is 10.2 Å². The third-order valence-corrected chi connectivity index (χ3v) is 5.90. The summed E-state index contributed by atoms with van der Waals surface area (Å²) in [6.07, 6.45) is 5.32. The maximum atomic E-state index is 12.8. The highest BCUT2D eigenvalue weighted by atomic mass is 32.1. The summed E-state index contributed by atoms with van der Waals surface area (Å²) >= 11 is 1.28. The number of carbonyl (C=O) groups excluding carboxylic acids is 1. The first kappa shape index (κ1) is 17.8. The summed E-state index contributed by atoms with van der Waals surface area (Å²) in [5.74, 6) is -0.280. The van der Waals surface area contributed by atoms with Crippen LogP contribution in [-0.2, 0) is 0 Å². The minimum atomic E-state index is -0.280. The summed E-state index contributed by atoms with van der Waals surface area (Å²) in [4.78, 5) is 22.5. The van der Waals surface area contributed by atoms with Crippen molar-refractivity contribution >= 4 is 39.5 Å². The number of hydrogen-bond donors (Lipinski definition) is 3. The Morgan fingerprint density at radius 3 is 2.90 bits per heavy atom. The van der Waals surface area contributed by atoms with Gasteiger partial charge in [0, 0.05) is 55.0 Å². The molecule has 4 heterocycles. The number of hydrogen-bond acceptors (Lipinski definition) is 7. The monoisotopic (exact) mass is 405 g/mol. The Morgan fingerprint density at radius 1 is 1.14 bits per heavy atom. The molecule has 5 rings (SSSR count). The van der Waals surface area contributed by atoms with E-state index in [-0.39, 0.29) is 5.91 Å². The third kappa shape index (κ3) is 3.45. The number of nitrogens with one attached hydrogen (secondary N) is 3. The molecule has 1 aliphatic rings. The zero-order chi connectivity index (χ0) is 19.6. The predicted molar refractivity (Wildman–Crippen MR) is 114 cm³/mol. The predicted octanol–water partition coefficient (Wildman–Crippen LogP) is 2.74. The Balaban J connectivity index is 1.39. The van der Waals surface area contributed by atoms with Gasteiger partial charge < -0.3 is 20.5 Å². The van der Waals surface area contributed by atoms with Crippen LogP contribution < -0.4 is 15.5 Å². The maximum absolute atomic E-state index is 12.8. The second-order valence-electron chi connectivity index (χ2n) is 6.74. The van der Waals surface area contributed by atoms with Gasteiger partial charge in [-0.05, 0) is 12.1 Å². The molecular weight excluding hydrogens is 386 g/mol. The minimum absolute atomic E-state index is 0.280. The van der Waals surface area contributed by atoms with Gasteiger partial charge >= 0.3 is 0 Å². The van der Waals surface area contributed by atoms with Crippen LogP contribution in [0.15, 0.2) is 48.9 Å². The zero-order valence-corrected chi connectivity index (χ0v) is 16.4. The van der Waals surface area contributed by atoms with Gasteiger partial charge in [-0.2, -0.15) is 0 Å². The molecule has 1 saturated heterocycles. The van der Waals surface area contributed by atoms with Crippen molar-refractivity contribution in [2.75, 3.05) is 36.4 Å². The fourth-order valence-electron chi connectivity index (χ4n) is 3.51. The molecule has 146 valence electrons. The van der Waals surface area contributed by atoms with E-state index in [1.54, 1.807) is 12.4 Å². The van der Waals surface area contributed by atoms with E-state index in [1.807, 2.05) is 36.5 Å². The van der Waals surface area contributed by atoms with E-state index in [0.717, 1.165) is 48.3 Å². The number of para-hydroxylation sites is 1. The molecule has 1 fully saturated rings. The second kappa shape index (κ2) is 7.61. The van der Waals surface area contributed by atoms with Crippen molar-refractivity contribution < 1.29 is 4.79 Å². The molecule has 0 aliphatic carbocycles. The van der Waals surface area contributed by atoms with E-state index in [4.69, 9.17) is 0 Å². The molecule has 0 spiro atoms. The van der Waals surface area contributed by atoms with Crippen LogP contribution in [0, 0.1) is 0 Å². The van der Waals surface area contributed by atoms with Gasteiger partial charge in [-0.1, -0.05) is 29.5 Å². The van der Waals surface area contributed by atoms with Crippen molar-refractivity contribution in [1.29, 1.82) is 0 Å². The molecule has 0 unspecified atom stereocenters. The number of aromatic amines is 1. The lowest BCUT2D eigenvalue weighted by molar-refractivity contribution is 0.102. The molecule has 3 N–H and O–H groups in total. The highest BCUT2D eigenvalue weighted by molar-refractivity contribution is 7.16. The average molecular weight is 405 g/mol. The number of anilines is 2. The highest BCUT2D eigenvalue weighted by Gasteiger charge is 2.19. The summed E-state index contributed by atoms with van der Waals surface area (Å²) in [6.45, 7) is 3.60. The second-order valence-corrected chi connectivity index (χ2v) is 7.72. The number of H-pyrrole nitrogens is 1. The van der Waals surface area contributed by atoms with Crippen molar-refractivity contribution in [3.8, 4) is 10.6 Å². The summed E-state index contributed by atoms with van der Waals surface area (Å²) in [6, 6.07) is 9.92. The van der Waals surface area contributed by atoms with Crippen molar-refractivity contribution in [3.05, 3.63) is 53.9 Å². The summed E-state index contributed by atoms with van der Waals surface area (Å²) in [7, 11) is 0. The van der Waals surface area contributed by atoms with Crippen LogP contribution in [0.3, 0.4) is 0 Å². The molecule has 0 saturated carbocycles. The zero-order valence-electron chi connectivity index (χ0n) is 15.6. The van der Waals surface area contributed by atoms with Crippen molar-refractivity contribution in [1.82, 2.24) is 25.5 Å². The average Bonchev–Trinajstić information content (AvgIpc) is 3.42. The Kier molecular flexibility index (Phi) is 4.66. The first-order valence-corrected chi connectivity index (χ1v) is 10.2. The molecule has 0 radical (unpaired) electrons. The number of benzene rings is 1. The number of amides is 1. The molecule has 1 amide bonds. The van der Waals surface area contributed by atoms with Crippen LogP contribution in [0.4, 0.5) is 11.4 Å². The normalized spacial score (nSPS) is 14.3. The van der Waals surface area contributed by atoms with E-state index in [2.05, 4.69) is 35.7 Å². The molecule has 0 atom stereocenters. The van der Waals surface area contributed by atoms with E-state index in [0.29, 0.717) is 15.7 Å². The lowest BCUT2D eigenvalue weighted by Crippen LogP contribution is -2.43. The Bertz CT molecular complexity index is 1160. The Hall–Kier alpha value is -3.30. The Labute approximate surface area is 171 Å². The largest absolute Gasteiger partial charge is 0.367 e. The summed E-state index contributed by atoms with van der Waals surface area (Å²) in [5, 5.41) is 16.7.